The van der Waals surface area contributed by atoms with E-state index < -0.39 is 28.1 Å². The Hall–Kier alpha value is -3.06. The topological polar surface area (TPSA) is 119 Å². The van der Waals surface area contributed by atoms with Gasteiger partial charge in [0, 0.05) is 28.8 Å². The fraction of sp³-hybridized carbons (Fsp3) is 0.560. The molecule has 3 unspecified atom stereocenters. The highest BCUT2D eigenvalue weighted by Gasteiger charge is 2.51. The highest BCUT2D eigenvalue weighted by atomic mass is 16.5. The van der Waals surface area contributed by atoms with E-state index in [0.717, 1.165) is 5.39 Å². The van der Waals surface area contributed by atoms with E-state index in [1.807, 2.05) is 19.9 Å². The minimum absolute atomic E-state index is 0.0101. The van der Waals surface area contributed by atoms with Crippen molar-refractivity contribution in [2.75, 3.05) is 0 Å². The maximum Gasteiger partial charge on any atom is 0.312 e. The van der Waals surface area contributed by atoms with Crippen molar-refractivity contribution < 1.29 is 14.6 Å². The van der Waals surface area contributed by atoms with Gasteiger partial charge in [0.05, 0.1) is 51.5 Å². The molecule has 0 bridgehead atoms. The van der Waals surface area contributed by atoms with E-state index in [2.05, 4.69) is 21.1 Å². The minimum atomic E-state index is -1.62. The average molecular weight is 496 g/mol. The Labute approximate surface area is 221 Å². The Morgan fingerprint density at radius 3 is 2.59 bits per heavy atom. The van der Waals surface area contributed by atoms with E-state index in [-0.39, 0.29) is 25.5 Å². The van der Waals surface area contributed by atoms with Crippen LogP contribution in [-0.4, -0.2) is 64.4 Å². The number of nitriles is 1. The van der Waals surface area contributed by atoms with Crippen molar-refractivity contribution in [3.63, 3.8) is 0 Å². The van der Waals surface area contributed by atoms with Gasteiger partial charge in [-0.15, -0.1) is 0 Å². The summed E-state index contributed by atoms with van der Waals surface area (Å²) in [6.45, 7) is 9.39. The maximum atomic E-state index is 12.2. The van der Waals surface area contributed by atoms with Gasteiger partial charge in [-0.1, -0.05) is 25.5 Å². The second-order valence-corrected chi connectivity index (χ2v) is 10.3. The Kier molecular flexibility index (Phi) is 8.28. The fourth-order valence-corrected chi connectivity index (χ4v) is 4.67. The lowest BCUT2D eigenvalue weighted by Crippen LogP contribution is -2.44. The molecule has 1 saturated carbocycles. The van der Waals surface area contributed by atoms with Gasteiger partial charge >= 0.3 is 5.97 Å². The monoisotopic (exact) mass is 496 g/mol. The number of fused-ring (bicyclic) bond motifs is 1. The van der Waals surface area contributed by atoms with Crippen molar-refractivity contribution in [2.45, 2.75) is 77.4 Å². The Morgan fingerprint density at radius 1 is 1.30 bits per heavy atom. The van der Waals surface area contributed by atoms with Crippen molar-refractivity contribution in [1.29, 1.82) is 5.26 Å². The lowest BCUT2D eigenvalue weighted by Gasteiger charge is -2.40. The number of rotatable bonds is 6. The molecule has 1 fully saturated rings. The number of ether oxygens (including phenoxy) is 1. The first-order valence-corrected chi connectivity index (χ1v) is 12.3. The SMILES string of the molecule is CC.[B]C1([B])CCC([B])(O)C1C(CC#N)n1cc(-c2ncnc3c2ccn3COC(=O)C(C)(C)C)cn1. The number of hydrogen-bond acceptors (Lipinski definition) is 7. The molecule has 3 atom stereocenters. The zero-order valence-corrected chi connectivity index (χ0v) is 22.0. The van der Waals surface area contributed by atoms with E-state index in [1.54, 1.807) is 48.6 Å². The highest BCUT2D eigenvalue weighted by Crippen LogP contribution is 2.54. The van der Waals surface area contributed by atoms with Gasteiger partial charge in [-0.3, -0.25) is 14.0 Å². The minimum Gasteiger partial charge on any atom is -0.443 e. The zero-order chi connectivity index (χ0) is 27.6. The van der Waals surface area contributed by atoms with Crippen molar-refractivity contribution in [3.05, 3.63) is 31.0 Å². The van der Waals surface area contributed by atoms with Gasteiger partial charge in [0.2, 0.25) is 0 Å². The first-order valence-electron chi connectivity index (χ1n) is 12.3. The van der Waals surface area contributed by atoms with Gasteiger partial charge in [0.15, 0.2) is 6.73 Å². The molecule has 37 heavy (non-hydrogen) atoms. The molecule has 9 nitrogen and oxygen atoms in total. The van der Waals surface area contributed by atoms with Crippen molar-refractivity contribution in [3.8, 4) is 17.3 Å². The smallest absolute Gasteiger partial charge is 0.312 e. The summed E-state index contributed by atoms with van der Waals surface area (Å²) < 4.78 is 8.71. The van der Waals surface area contributed by atoms with Crippen LogP contribution in [0.4, 0.5) is 0 Å². The normalized spacial score (nSPS) is 21.6. The molecule has 4 rings (SSSR count). The van der Waals surface area contributed by atoms with Crippen LogP contribution in [0.15, 0.2) is 31.0 Å². The molecular weight excluding hydrogens is 465 g/mol. The van der Waals surface area contributed by atoms with Gasteiger partial charge in [-0.05, 0) is 39.2 Å². The van der Waals surface area contributed by atoms with Crippen LogP contribution in [0.25, 0.3) is 22.3 Å². The Morgan fingerprint density at radius 2 is 2.00 bits per heavy atom. The van der Waals surface area contributed by atoms with E-state index in [0.29, 0.717) is 23.3 Å². The maximum absolute atomic E-state index is 12.2. The van der Waals surface area contributed by atoms with Crippen LogP contribution in [0.5, 0.6) is 0 Å². The molecule has 6 radical (unpaired) electrons. The van der Waals surface area contributed by atoms with Crippen molar-refractivity contribution in [1.82, 2.24) is 24.3 Å². The van der Waals surface area contributed by atoms with Crippen LogP contribution in [-0.2, 0) is 16.3 Å². The largest absolute Gasteiger partial charge is 0.443 e. The molecule has 0 aliphatic heterocycles. The molecule has 12 heteroatoms. The molecule has 3 aromatic rings. The van der Waals surface area contributed by atoms with Crippen LogP contribution in [0.3, 0.4) is 0 Å². The third-order valence-corrected chi connectivity index (χ3v) is 6.48. The third kappa shape index (κ3) is 5.77. The van der Waals surface area contributed by atoms with Gasteiger partial charge < -0.3 is 9.84 Å². The number of aromatic nitrogens is 5. The Balaban J connectivity index is 0.00000186. The molecule has 1 aliphatic carbocycles. The van der Waals surface area contributed by atoms with Gasteiger partial charge in [-0.2, -0.15) is 10.4 Å². The quantitative estimate of drug-likeness (QED) is 0.412. The predicted octanol–water partition coefficient (Wildman–Crippen LogP) is 3.04. The van der Waals surface area contributed by atoms with Crippen LogP contribution < -0.4 is 0 Å². The molecule has 0 aromatic carbocycles. The van der Waals surface area contributed by atoms with Crippen molar-refractivity contribution in [2.24, 2.45) is 11.3 Å². The molecule has 1 N–H and O–H groups in total. The fourth-order valence-electron chi connectivity index (χ4n) is 4.67. The highest BCUT2D eigenvalue weighted by molar-refractivity contribution is 6.41. The summed E-state index contributed by atoms with van der Waals surface area (Å²) >= 11 is 0. The Bertz CT molecular complexity index is 1270. The standard InChI is InChI=1S/C23H25B3N6O3.C2H6/c1-21(2,3)20(33)35-13-31-9-5-15-17(28-12-29-19(15)31)14-10-30-32(11-14)16(4-8-27)18-22(24,25)6-7-23(18,26)34;1-2/h5,9-12,16,18,34H,4,6-7,13H2,1-3H3;1-2H3. The zero-order valence-electron chi connectivity index (χ0n) is 22.0. The summed E-state index contributed by atoms with van der Waals surface area (Å²) in [4.78, 5) is 20.9. The molecule has 0 saturated heterocycles. The van der Waals surface area contributed by atoms with Crippen LogP contribution in [0.2, 0.25) is 5.21 Å². The second-order valence-electron chi connectivity index (χ2n) is 10.3. The van der Waals surface area contributed by atoms with Gasteiger partial charge in [-0.25, -0.2) is 9.97 Å². The third-order valence-electron chi connectivity index (χ3n) is 6.48. The number of nitrogens with zero attached hydrogens (tertiary/aromatic N) is 6. The van der Waals surface area contributed by atoms with E-state index in [4.69, 9.17) is 28.3 Å². The first-order chi connectivity index (χ1) is 17.3. The number of carbonyl (C=O) groups excluding carboxylic acids is 1. The predicted molar refractivity (Wildman–Crippen MR) is 143 cm³/mol. The number of hydrogen-bond donors (Lipinski definition) is 1. The van der Waals surface area contributed by atoms with Crippen LogP contribution >= 0.6 is 0 Å². The summed E-state index contributed by atoms with van der Waals surface area (Å²) in [6, 6.07) is 3.32. The van der Waals surface area contributed by atoms with Crippen LogP contribution in [0.1, 0.15) is 59.9 Å². The van der Waals surface area contributed by atoms with Crippen LogP contribution in [0, 0.1) is 22.7 Å². The molecule has 0 amide bonds. The average Bonchev–Trinajstić information content (AvgIpc) is 3.53. The van der Waals surface area contributed by atoms with E-state index in [1.165, 1.54) is 6.33 Å². The molecule has 3 aromatic heterocycles. The molecule has 188 valence electrons. The molecular formula is C25H31B3N6O3. The number of aliphatic hydroxyl groups is 1. The first kappa shape index (κ1) is 28.5. The summed E-state index contributed by atoms with van der Waals surface area (Å²) in [5.74, 6) is -1.10. The summed E-state index contributed by atoms with van der Waals surface area (Å²) in [6.07, 6.45) is 7.08. The number of carbonyl (C=O) groups is 1. The molecule has 1 aliphatic rings. The van der Waals surface area contributed by atoms with E-state index in [9.17, 15) is 15.2 Å². The van der Waals surface area contributed by atoms with E-state index >= 15 is 0 Å². The van der Waals surface area contributed by atoms with Crippen molar-refractivity contribution >= 4 is 40.5 Å². The summed E-state index contributed by atoms with van der Waals surface area (Å²) in [7, 11) is 18.7. The van der Waals surface area contributed by atoms with Gasteiger partial charge in [0.25, 0.3) is 0 Å². The lowest BCUT2D eigenvalue weighted by molar-refractivity contribution is -0.156. The molecule has 0 spiro atoms. The summed E-state index contributed by atoms with van der Waals surface area (Å²) in [5.41, 5.74) is -0.367. The van der Waals surface area contributed by atoms with Gasteiger partial charge in [0.1, 0.15) is 19.8 Å². The number of esters is 1. The summed E-state index contributed by atoms with van der Waals surface area (Å²) in [5, 5.41) is 24.1. The second kappa shape index (κ2) is 10.7. The molecule has 3 heterocycles. The lowest BCUT2D eigenvalue weighted by atomic mass is 9.45.